The Labute approximate surface area is 121 Å². The minimum absolute atomic E-state index is 0.646. The van der Waals surface area contributed by atoms with E-state index in [0.29, 0.717) is 5.56 Å². The largest absolute Gasteiger partial charge is 0.399 e. The third-order valence-electron chi connectivity index (χ3n) is 2.86. The number of benzene rings is 2. The predicted octanol–water partition coefficient (Wildman–Crippen LogP) is 3.54. The van der Waals surface area contributed by atoms with Gasteiger partial charge >= 0.3 is 0 Å². The second-order valence-corrected chi connectivity index (χ2v) is 5.23. The highest BCUT2D eigenvalue weighted by atomic mass is 79.9. The van der Waals surface area contributed by atoms with Crippen molar-refractivity contribution in [3.05, 3.63) is 58.1 Å². The van der Waals surface area contributed by atoms with Gasteiger partial charge in [0.25, 0.3) is 0 Å². The van der Waals surface area contributed by atoms with Gasteiger partial charge in [0.2, 0.25) is 0 Å². The van der Waals surface area contributed by atoms with Crippen LogP contribution in [0.2, 0.25) is 0 Å². The predicted molar refractivity (Wildman–Crippen MR) is 81.8 cm³/mol. The number of nitrogens with two attached hydrogens (primary N) is 1. The van der Waals surface area contributed by atoms with E-state index in [0.717, 1.165) is 28.0 Å². The lowest BCUT2D eigenvalue weighted by atomic mass is 10.1. The van der Waals surface area contributed by atoms with Crippen molar-refractivity contribution in [3.8, 4) is 6.07 Å². The third kappa shape index (κ3) is 3.27. The molecule has 0 aliphatic carbocycles. The first-order valence-electron chi connectivity index (χ1n) is 5.85. The van der Waals surface area contributed by atoms with Crippen LogP contribution in [0.25, 0.3) is 0 Å². The summed E-state index contributed by atoms with van der Waals surface area (Å²) in [5.41, 5.74) is 9.39. The number of hydrogen-bond donors (Lipinski definition) is 1. The van der Waals surface area contributed by atoms with Crippen molar-refractivity contribution in [2.75, 3.05) is 17.7 Å². The zero-order valence-corrected chi connectivity index (χ0v) is 12.2. The monoisotopic (exact) mass is 315 g/mol. The Kier molecular flexibility index (Phi) is 4.08. The first kappa shape index (κ1) is 13.4. The van der Waals surface area contributed by atoms with E-state index in [1.165, 1.54) is 0 Å². The molecule has 0 saturated heterocycles. The van der Waals surface area contributed by atoms with E-state index in [9.17, 15) is 0 Å². The summed E-state index contributed by atoms with van der Waals surface area (Å²) in [4.78, 5) is 2.11. The Morgan fingerprint density at radius 2 is 2.05 bits per heavy atom. The summed E-state index contributed by atoms with van der Waals surface area (Å²) >= 11 is 3.50. The molecule has 0 bridgehead atoms. The molecule has 2 rings (SSSR count). The summed E-state index contributed by atoms with van der Waals surface area (Å²) in [5, 5.41) is 8.86. The molecule has 0 spiro atoms. The molecule has 96 valence electrons. The number of nitriles is 1. The molecule has 0 aromatic heterocycles. The smallest absolute Gasteiger partial charge is 0.0992 e. The molecule has 0 aliphatic rings. The van der Waals surface area contributed by atoms with Gasteiger partial charge in [-0.05, 0) is 51.8 Å². The summed E-state index contributed by atoms with van der Waals surface area (Å²) < 4.78 is 0.915. The molecule has 0 saturated carbocycles. The summed E-state index contributed by atoms with van der Waals surface area (Å²) in [6.45, 7) is 0.759. The van der Waals surface area contributed by atoms with Crippen LogP contribution in [0.4, 0.5) is 11.4 Å². The normalized spacial score (nSPS) is 9.95. The van der Waals surface area contributed by atoms with E-state index in [1.807, 2.05) is 49.5 Å². The molecule has 2 N–H and O–H groups in total. The van der Waals surface area contributed by atoms with Crippen LogP contribution in [-0.4, -0.2) is 7.05 Å². The van der Waals surface area contributed by atoms with Crippen LogP contribution in [0, 0.1) is 11.3 Å². The molecule has 3 nitrogen and oxygen atoms in total. The van der Waals surface area contributed by atoms with Crippen molar-refractivity contribution in [2.45, 2.75) is 6.54 Å². The number of nitrogen functional groups attached to an aromatic ring is 1. The quantitative estimate of drug-likeness (QED) is 0.881. The molecule has 0 atom stereocenters. The highest BCUT2D eigenvalue weighted by Crippen LogP contribution is 2.27. The van der Waals surface area contributed by atoms with Crippen LogP contribution in [0.15, 0.2) is 46.9 Å². The number of hydrogen-bond acceptors (Lipinski definition) is 3. The summed E-state index contributed by atoms with van der Waals surface area (Å²) in [5.74, 6) is 0. The zero-order valence-electron chi connectivity index (χ0n) is 10.6. The van der Waals surface area contributed by atoms with Gasteiger partial charge in [-0.1, -0.05) is 12.1 Å². The van der Waals surface area contributed by atoms with Crippen molar-refractivity contribution in [3.63, 3.8) is 0 Å². The van der Waals surface area contributed by atoms with E-state index in [2.05, 4.69) is 26.9 Å². The van der Waals surface area contributed by atoms with Gasteiger partial charge in [-0.3, -0.25) is 0 Å². The number of anilines is 2. The van der Waals surface area contributed by atoms with Crippen LogP contribution in [0.1, 0.15) is 11.1 Å². The molecule has 0 amide bonds. The van der Waals surface area contributed by atoms with Crippen LogP contribution >= 0.6 is 15.9 Å². The topological polar surface area (TPSA) is 53.0 Å². The van der Waals surface area contributed by atoms with Gasteiger partial charge in [-0.15, -0.1) is 0 Å². The molecule has 0 unspecified atom stereocenters. The van der Waals surface area contributed by atoms with Crippen molar-refractivity contribution < 1.29 is 0 Å². The van der Waals surface area contributed by atoms with Crippen molar-refractivity contribution in [2.24, 2.45) is 0 Å². The van der Waals surface area contributed by atoms with Crippen LogP contribution in [0.3, 0.4) is 0 Å². The molecule has 0 aliphatic heterocycles. The van der Waals surface area contributed by atoms with Gasteiger partial charge in [-0.2, -0.15) is 5.26 Å². The fourth-order valence-corrected chi connectivity index (χ4v) is 2.62. The average Bonchev–Trinajstić information content (AvgIpc) is 2.38. The average molecular weight is 316 g/mol. The maximum absolute atomic E-state index is 8.86. The third-order valence-corrected chi connectivity index (χ3v) is 3.49. The molecule has 0 heterocycles. The molecule has 19 heavy (non-hydrogen) atoms. The minimum Gasteiger partial charge on any atom is -0.399 e. The fraction of sp³-hybridized carbons (Fsp3) is 0.133. The molecule has 2 aromatic rings. The maximum Gasteiger partial charge on any atom is 0.0992 e. The molecule has 0 radical (unpaired) electrons. The summed E-state index contributed by atoms with van der Waals surface area (Å²) in [6, 6.07) is 15.5. The number of nitrogens with zero attached hydrogens (tertiary/aromatic N) is 2. The Bertz CT molecular complexity index is 632. The van der Waals surface area contributed by atoms with E-state index in [-0.39, 0.29) is 0 Å². The molecule has 0 fully saturated rings. The molecular formula is C15H14BrN3. The summed E-state index contributed by atoms with van der Waals surface area (Å²) in [7, 11) is 2.01. The summed E-state index contributed by atoms with van der Waals surface area (Å²) in [6.07, 6.45) is 0. The number of rotatable bonds is 3. The standard InChI is InChI=1S/C15H14BrN3/c1-19(10-12-3-2-4-13(18)7-12)15-6-5-11(9-17)8-14(15)16/h2-8H,10,18H2,1H3. The van der Waals surface area contributed by atoms with E-state index in [1.54, 1.807) is 0 Å². The van der Waals surface area contributed by atoms with Crippen LogP contribution in [-0.2, 0) is 6.54 Å². The van der Waals surface area contributed by atoms with Crippen molar-refractivity contribution >= 4 is 27.3 Å². The van der Waals surface area contributed by atoms with Gasteiger partial charge in [0.05, 0.1) is 17.3 Å². The first-order valence-corrected chi connectivity index (χ1v) is 6.64. The maximum atomic E-state index is 8.86. The molecule has 4 heteroatoms. The molecular weight excluding hydrogens is 302 g/mol. The first-order chi connectivity index (χ1) is 9.10. The van der Waals surface area contributed by atoms with E-state index < -0.39 is 0 Å². The lowest BCUT2D eigenvalue weighted by molar-refractivity contribution is 0.920. The van der Waals surface area contributed by atoms with Gasteiger partial charge in [0.1, 0.15) is 0 Å². The van der Waals surface area contributed by atoms with Crippen LogP contribution in [0.5, 0.6) is 0 Å². The Hall–Kier alpha value is -1.99. The van der Waals surface area contributed by atoms with Gasteiger partial charge < -0.3 is 10.6 Å². The lowest BCUT2D eigenvalue weighted by Gasteiger charge is -2.21. The fourth-order valence-electron chi connectivity index (χ4n) is 1.94. The van der Waals surface area contributed by atoms with Gasteiger partial charge in [-0.25, -0.2) is 0 Å². The Balaban J connectivity index is 2.21. The minimum atomic E-state index is 0.646. The van der Waals surface area contributed by atoms with Crippen molar-refractivity contribution in [1.82, 2.24) is 0 Å². The van der Waals surface area contributed by atoms with E-state index in [4.69, 9.17) is 11.0 Å². The number of halogens is 1. The van der Waals surface area contributed by atoms with E-state index >= 15 is 0 Å². The van der Waals surface area contributed by atoms with Crippen molar-refractivity contribution in [1.29, 1.82) is 5.26 Å². The highest BCUT2D eigenvalue weighted by molar-refractivity contribution is 9.10. The molecule has 2 aromatic carbocycles. The lowest BCUT2D eigenvalue weighted by Crippen LogP contribution is -2.16. The second-order valence-electron chi connectivity index (χ2n) is 4.38. The van der Waals surface area contributed by atoms with Crippen LogP contribution < -0.4 is 10.6 Å². The SMILES string of the molecule is CN(Cc1cccc(N)c1)c1ccc(C#N)cc1Br. The second kappa shape index (κ2) is 5.77. The zero-order chi connectivity index (χ0) is 13.8. The highest BCUT2D eigenvalue weighted by Gasteiger charge is 2.07. The van der Waals surface area contributed by atoms with Gasteiger partial charge in [0.15, 0.2) is 0 Å². The Morgan fingerprint density at radius 3 is 2.68 bits per heavy atom. The van der Waals surface area contributed by atoms with Gasteiger partial charge in [0, 0.05) is 23.8 Å². The Morgan fingerprint density at radius 1 is 1.26 bits per heavy atom.